The summed E-state index contributed by atoms with van der Waals surface area (Å²) in [5.41, 5.74) is 0. The first kappa shape index (κ1) is 30.4. The third-order valence-corrected chi connectivity index (χ3v) is 4.42. The number of rotatable bonds is 18. The van der Waals surface area contributed by atoms with Crippen LogP contribution >= 0.6 is 0 Å². The van der Waals surface area contributed by atoms with Crippen molar-refractivity contribution < 1.29 is 29.4 Å². The summed E-state index contributed by atoms with van der Waals surface area (Å²) in [5.74, 6) is -2.08. The van der Waals surface area contributed by atoms with E-state index in [4.69, 9.17) is 10.2 Å². The second-order valence-corrected chi connectivity index (χ2v) is 7.62. The molecule has 8 nitrogen and oxygen atoms in total. The van der Waals surface area contributed by atoms with Gasteiger partial charge < -0.3 is 20.8 Å². The SMILES string of the molecule is CCCCCCNC(CC(C)=O)C(=O)O.CCCCCCNC(CC(C)=O)C(=O)O. The molecule has 0 radical (unpaired) electrons. The van der Waals surface area contributed by atoms with E-state index in [1.807, 2.05) is 0 Å². The summed E-state index contributed by atoms with van der Waals surface area (Å²) >= 11 is 0. The van der Waals surface area contributed by atoms with Gasteiger partial charge in [-0.3, -0.25) is 19.2 Å². The van der Waals surface area contributed by atoms with Crippen LogP contribution < -0.4 is 10.6 Å². The van der Waals surface area contributed by atoms with E-state index in [1.54, 1.807) is 0 Å². The van der Waals surface area contributed by atoms with Gasteiger partial charge >= 0.3 is 11.9 Å². The molecule has 0 heterocycles. The molecule has 0 aliphatic heterocycles. The van der Waals surface area contributed by atoms with Gasteiger partial charge in [-0.1, -0.05) is 52.4 Å². The zero-order chi connectivity index (χ0) is 23.4. The van der Waals surface area contributed by atoms with Crippen molar-refractivity contribution in [1.82, 2.24) is 10.6 Å². The highest BCUT2D eigenvalue weighted by Gasteiger charge is 2.18. The number of unbranched alkanes of at least 4 members (excludes halogenated alkanes) is 6. The number of aliphatic carboxylic acids is 2. The lowest BCUT2D eigenvalue weighted by Crippen LogP contribution is -2.38. The molecule has 2 atom stereocenters. The van der Waals surface area contributed by atoms with Crippen molar-refractivity contribution in [2.75, 3.05) is 13.1 Å². The van der Waals surface area contributed by atoms with Crippen LogP contribution in [0.4, 0.5) is 0 Å². The van der Waals surface area contributed by atoms with E-state index in [0.717, 1.165) is 38.5 Å². The van der Waals surface area contributed by atoms with E-state index in [9.17, 15) is 19.2 Å². The van der Waals surface area contributed by atoms with Gasteiger partial charge in [-0.2, -0.15) is 0 Å². The fourth-order valence-corrected chi connectivity index (χ4v) is 2.72. The number of hydrogen-bond donors (Lipinski definition) is 4. The highest BCUT2D eigenvalue weighted by atomic mass is 16.4. The number of ketones is 2. The van der Waals surface area contributed by atoms with Gasteiger partial charge in [0.2, 0.25) is 0 Å². The number of carboxylic acid groups (broad SMARTS) is 2. The number of nitrogens with one attached hydrogen (secondary N) is 2. The molecule has 0 aliphatic rings. The van der Waals surface area contributed by atoms with Gasteiger partial charge in [0.15, 0.2) is 0 Å². The molecule has 0 fully saturated rings. The summed E-state index contributed by atoms with van der Waals surface area (Å²) in [6.07, 6.45) is 8.97. The molecule has 0 amide bonds. The molecule has 0 aromatic heterocycles. The molecule has 0 spiro atoms. The Balaban J connectivity index is 0. The summed E-state index contributed by atoms with van der Waals surface area (Å²) in [6.45, 7) is 8.42. The first-order valence-corrected chi connectivity index (χ1v) is 11.1. The monoisotopic (exact) mass is 430 g/mol. The lowest BCUT2D eigenvalue weighted by molar-refractivity contribution is -0.141. The molecule has 30 heavy (non-hydrogen) atoms. The molecule has 0 aromatic carbocycles. The summed E-state index contributed by atoms with van der Waals surface area (Å²) in [4.78, 5) is 43.1. The average molecular weight is 431 g/mol. The lowest BCUT2D eigenvalue weighted by Gasteiger charge is -2.12. The van der Waals surface area contributed by atoms with Crippen LogP contribution in [0.25, 0.3) is 0 Å². The van der Waals surface area contributed by atoms with Gasteiger partial charge in [0.25, 0.3) is 0 Å². The number of Topliss-reactive ketones (excluding diaryl/α,β-unsaturated/α-hetero) is 2. The van der Waals surface area contributed by atoms with E-state index in [2.05, 4.69) is 24.5 Å². The Hall–Kier alpha value is -1.80. The molecule has 8 heteroatoms. The zero-order valence-corrected chi connectivity index (χ0v) is 19.2. The number of carbonyl (C=O) groups is 4. The third-order valence-electron chi connectivity index (χ3n) is 4.42. The summed E-state index contributed by atoms with van der Waals surface area (Å²) in [6, 6.07) is -1.44. The fourth-order valence-electron chi connectivity index (χ4n) is 2.72. The minimum absolute atomic E-state index is 0.0725. The summed E-state index contributed by atoms with van der Waals surface area (Å²) in [7, 11) is 0. The zero-order valence-electron chi connectivity index (χ0n) is 19.2. The predicted octanol–water partition coefficient (Wildman–Crippen LogP) is 3.18. The first-order chi connectivity index (χ1) is 14.1. The van der Waals surface area contributed by atoms with Crippen LogP contribution in [-0.4, -0.2) is 58.9 Å². The number of carboxylic acids is 2. The van der Waals surface area contributed by atoms with Crippen LogP contribution in [0.15, 0.2) is 0 Å². The Morgan fingerprint density at radius 1 is 0.633 bits per heavy atom. The Kier molecular flexibility index (Phi) is 20.7. The molecule has 0 aromatic rings. The van der Waals surface area contributed by atoms with Crippen molar-refractivity contribution in [2.45, 2.75) is 104 Å². The minimum atomic E-state index is -0.944. The van der Waals surface area contributed by atoms with Crippen molar-refractivity contribution in [3.63, 3.8) is 0 Å². The Bertz CT molecular complexity index is 452. The third kappa shape index (κ3) is 20.9. The molecule has 0 saturated carbocycles. The smallest absolute Gasteiger partial charge is 0.321 e. The van der Waals surface area contributed by atoms with E-state index >= 15 is 0 Å². The largest absolute Gasteiger partial charge is 0.480 e. The Labute approximate surface area is 181 Å². The highest BCUT2D eigenvalue weighted by molar-refractivity contribution is 5.84. The maximum absolute atomic E-state index is 10.8. The lowest BCUT2D eigenvalue weighted by atomic mass is 10.1. The average Bonchev–Trinajstić information content (AvgIpc) is 2.65. The molecule has 0 rings (SSSR count). The fraction of sp³-hybridized carbons (Fsp3) is 0.818. The topological polar surface area (TPSA) is 133 Å². The van der Waals surface area contributed by atoms with Gasteiger partial charge in [-0.15, -0.1) is 0 Å². The molecular formula is C22H42N2O6. The van der Waals surface area contributed by atoms with Crippen LogP contribution in [0.3, 0.4) is 0 Å². The first-order valence-electron chi connectivity index (χ1n) is 11.1. The predicted molar refractivity (Wildman–Crippen MR) is 118 cm³/mol. The van der Waals surface area contributed by atoms with Crippen LogP contribution in [0.5, 0.6) is 0 Å². The normalized spacial score (nSPS) is 12.4. The van der Waals surface area contributed by atoms with E-state index in [-0.39, 0.29) is 24.4 Å². The van der Waals surface area contributed by atoms with E-state index in [1.165, 1.54) is 26.7 Å². The Morgan fingerprint density at radius 3 is 1.20 bits per heavy atom. The van der Waals surface area contributed by atoms with Crippen LogP contribution in [0.2, 0.25) is 0 Å². The van der Waals surface area contributed by atoms with Crippen LogP contribution in [0, 0.1) is 0 Å². The van der Waals surface area contributed by atoms with Crippen molar-refractivity contribution in [3.8, 4) is 0 Å². The van der Waals surface area contributed by atoms with Crippen molar-refractivity contribution in [1.29, 1.82) is 0 Å². The van der Waals surface area contributed by atoms with Crippen LogP contribution in [0.1, 0.15) is 91.9 Å². The molecule has 0 aliphatic carbocycles. The van der Waals surface area contributed by atoms with Crippen molar-refractivity contribution in [3.05, 3.63) is 0 Å². The second-order valence-electron chi connectivity index (χ2n) is 7.62. The standard InChI is InChI=1S/2C11H21NO3/c2*1-3-4-5-6-7-12-10(11(14)15)8-9(2)13/h2*10,12H,3-8H2,1-2H3,(H,14,15). The maximum Gasteiger partial charge on any atom is 0.321 e. The molecule has 2 unspecified atom stereocenters. The minimum Gasteiger partial charge on any atom is -0.480 e. The summed E-state index contributed by atoms with van der Waals surface area (Å²) in [5, 5.41) is 23.4. The molecule has 0 saturated heterocycles. The van der Waals surface area contributed by atoms with E-state index in [0.29, 0.717) is 13.1 Å². The van der Waals surface area contributed by atoms with Crippen molar-refractivity contribution in [2.24, 2.45) is 0 Å². The number of hydrogen-bond acceptors (Lipinski definition) is 6. The summed E-state index contributed by atoms with van der Waals surface area (Å²) < 4.78 is 0. The molecular weight excluding hydrogens is 388 g/mol. The number of carbonyl (C=O) groups excluding carboxylic acids is 2. The van der Waals surface area contributed by atoms with Gasteiger partial charge in [-0.05, 0) is 39.8 Å². The molecule has 4 N–H and O–H groups in total. The van der Waals surface area contributed by atoms with Gasteiger partial charge in [0, 0.05) is 12.8 Å². The van der Waals surface area contributed by atoms with E-state index < -0.39 is 24.0 Å². The Morgan fingerprint density at radius 2 is 0.967 bits per heavy atom. The second kappa shape index (κ2) is 20.5. The van der Waals surface area contributed by atoms with Crippen LogP contribution in [-0.2, 0) is 19.2 Å². The van der Waals surface area contributed by atoms with Gasteiger partial charge in [0.1, 0.15) is 23.7 Å². The van der Waals surface area contributed by atoms with Gasteiger partial charge in [-0.25, -0.2) is 0 Å². The highest BCUT2D eigenvalue weighted by Crippen LogP contribution is 2.00. The molecule has 0 bridgehead atoms. The van der Waals surface area contributed by atoms with Crippen molar-refractivity contribution >= 4 is 23.5 Å². The van der Waals surface area contributed by atoms with Gasteiger partial charge in [0.05, 0.1) is 0 Å². The quantitative estimate of drug-likeness (QED) is 0.244. The molecule has 176 valence electrons. The maximum atomic E-state index is 10.8.